The number of rotatable bonds is 3. The second-order valence-electron chi connectivity index (χ2n) is 6.89. The summed E-state index contributed by atoms with van der Waals surface area (Å²) in [5.74, 6) is 0.934. The van der Waals surface area contributed by atoms with Gasteiger partial charge in [-0.2, -0.15) is 18.2 Å². The van der Waals surface area contributed by atoms with Gasteiger partial charge >= 0.3 is 27.3 Å². The zero-order valence-corrected chi connectivity index (χ0v) is 21.1. The normalized spacial score (nSPS) is 14.5. The van der Waals surface area contributed by atoms with Gasteiger partial charge in [0.1, 0.15) is 5.71 Å². The Labute approximate surface area is 202 Å². The molecule has 31 heavy (non-hydrogen) atoms. The predicted molar refractivity (Wildman–Crippen MR) is 117 cm³/mol. The van der Waals surface area contributed by atoms with Crippen LogP contribution in [0.1, 0.15) is 5.56 Å². The molecule has 0 spiro atoms. The number of aliphatic imine (C=N–C) groups is 1. The quantitative estimate of drug-likeness (QED) is 0.433. The van der Waals surface area contributed by atoms with E-state index in [0.717, 1.165) is 11.3 Å². The van der Waals surface area contributed by atoms with E-state index in [1.54, 1.807) is 29.2 Å². The molecule has 2 aliphatic heterocycles. The number of para-hydroxylation sites is 1. The summed E-state index contributed by atoms with van der Waals surface area (Å²) in [5, 5.41) is 8.61. The van der Waals surface area contributed by atoms with Crippen molar-refractivity contribution in [2.45, 2.75) is 6.42 Å². The summed E-state index contributed by atoms with van der Waals surface area (Å²) in [6.07, 6.45) is 3.80. The van der Waals surface area contributed by atoms with E-state index in [2.05, 4.69) is 22.0 Å². The number of carbonyl (C=O) groups excluding carboxylic acids is 1. The van der Waals surface area contributed by atoms with E-state index in [4.69, 9.17) is 5.11 Å². The van der Waals surface area contributed by atoms with Gasteiger partial charge in [-0.3, -0.25) is 9.79 Å². The van der Waals surface area contributed by atoms with Gasteiger partial charge in [0.05, 0.1) is 6.67 Å². The molecule has 0 unspecified atom stereocenters. The number of carbonyl (C=O) groups is 1. The number of nitrogens with zero attached hydrogens (tertiary/aromatic N) is 3. The van der Waals surface area contributed by atoms with Gasteiger partial charge in [0.25, 0.3) is 5.91 Å². The Hall–Kier alpha value is -2.94. The first-order valence-corrected chi connectivity index (χ1v) is 9.70. The van der Waals surface area contributed by atoms with Crippen molar-refractivity contribution in [3.05, 3.63) is 108 Å². The van der Waals surface area contributed by atoms with Crippen LogP contribution in [0.4, 0.5) is 5.69 Å². The Morgan fingerprint density at radius 1 is 0.935 bits per heavy atom. The number of aromatic hydroxyl groups is 1. The van der Waals surface area contributed by atoms with Crippen LogP contribution in [0.25, 0.3) is 0 Å². The molecule has 0 radical (unpaired) electrons. The average molecular weight is 508 g/mol. The molecular formula is C25H21CdN3O2. The fourth-order valence-corrected chi connectivity index (χ4v) is 3.24. The summed E-state index contributed by atoms with van der Waals surface area (Å²) in [6.45, 7) is 1.16. The molecule has 3 aromatic carbocycles. The first-order chi connectivity index (χ1) is 14.7. The van der Waals surface area contributed by atoms with E-state index in [1.807, 2.05) is 60.7 Å². The first kappa shape index (κ1) is 22.7. The average Bonchev–Trinajstić information content (AvgIpc) is 3.11. The summed E-state index contributed by atoms with van der Waals surface area (Å²) in [5.41, 5.74) is 2.77. The van der Waals surface area contributed by atoms with Gasteiger partial charge in [-0.05, 0) is 23.5 Å². The van der Waals surface area contributed by atoms with Crippen LogP contribution in [0.3, 0.4) is 0 Å². The molecule has 0 bridgehead atoms. The molecule has 1 amide bonds. The van der Waals surface area contributed by atoms with Crippen LogP contribution in [0.2, 0.25) is 0 Å². The van der Waals surface area contributed by atoms with E-state index in [9.17, 15) is 4.79 Å². The van der Waals surface area contributed by atoms with Crippen molar-refractivity contribution < 1.29 is 37.2 Å². The minimum atomic E-state index is -0.0167. The Balaban J connectivity index is 0.000000292. The molecule has 0 saturated carbocycles. The molecule has 2 heterocycles. The second kappa shape index (κ2) is 10.9. The Kier molecular flexibility index (Phi) is 8.00. The molecular weight excluding hydrogens is 487 g/mol. The van der Waals surface area contributed by atoms with Crippen molar-refractivity contribution >= 4 is 17.3 Å². The molecule has 0 fully saturated rings. The number of hydrogen-bond acceptors (Lipinski definition) is 4. The zero-order chi connectivity index (χ0) is 20.8. The molecule has 0 saturated heterocycles. The van der Waals surface area contributed by atoms with Crippen LogP contribution in [-0.2, 0) is 38.5 Å². The molecule has 1 N–H and O–H groups in total. The molecule has 5 nitrogen and oxygen atoms in total. The van der Waals surface area contributed by atoms with E-state index in [1.165, 1.54) is 0 Å². The smallest absolute Gasteiger partial charge is 0.533 e. The topological polar surface area (TPSA) is 56.1 Å². The maximum Gasteiger partial charge on any atom is 2.00 e. The molecule has 6 heteroatoms. The minimum absolute atomic E-state index is 0. The molecule has 3 aromatic rings. The largest absolute Gasteiger partial charge is 2.00 e. The van der Waals surface area contributed by atoms with Crippen LogP contribution < -0.4 is 4.90 Å². The van der Waals surface area contributed by atoms with Crippen molar-refractivity contribution in [2.75, 3.05) is 18.1 Å². The molecule has 0 aromatic heterocycles. The van der Waals surface area contributed by atoms with Crippen molar-refractivity contribution in [1.29, 1.82) is 0 Å². The third kappa shape index (κ3) is 5.82. The van der Waals surface area contributed by atoms with Crippen molar-refractivity contribution in [1.82, 2.24) is 4.90 Å². The Morgan fingerprint density at radius 2 is 1.58 bits per heavy atom. The van der Waals surface area contributed by atoms with E-state index >= 15 is 0 Å². The SMILES string of the molecule is O=C1C(Cc2ccccc2)=NC2=[C-]CN(c3ccccc3)CN12.Oc1cc[c-]cc1.[Cd+2]. The summed E-state index contributed by atoms with van der Waals surface area (Å²) in [7, 11) is 0. The third-order valence-electron chi connectivity index (χ3n) is 4.77. The molecule has 5 rings (SSSR count). The molecule has 150 valence electrons. The van der Waals surface area contributed by atoms with Crippen molar-refractivity contribution in [2.24, 2.45) is 4.99 Å². The number of phenolic OH excluding ortho intramolecular Hbond substituents is 1. The van der Waals surface area contributed by atoms with Gasteiger partial charge in [-0.1, -0.05) is 48.5 Å². The fraction of sp³-hybridized carbons (Fsp3) is 0.120. The van der Waals surface area contributed by atoms with Gasteiger partial charge in [-0.15, -0.1) is 18.7 Å². The minimum Gasteiger partial charge on any atom is -0.533 e. The van der Waals surface area contributed by atoms with Crippen LogP contribution in [0.5, 0.6) is 5.75 Å². The Morgan fingerprint density at radius 3 is 2.19 bits per heavy atom. The van der Waals surface area contributed by atoms with Crippen LogP contribution in [0.15, 0.2) is 95.7 Å². The molecule has 0 aliphatic carbocycles. The number of anilines is 1. The summed E-state index contributed by atoms with van der Waals surface area (Å²) in [6, 6.07) is 29.3. The maximum absolute atomic E-state index is 12.6. The number of amides is 1. The van der Waals surface area contributed by atoms with Gasteiger partial charge in [0, 0.05) is 17.9 Å². The summed E-state index contributed by atoms with van der Waals surface area (Å²) >= 11 is 0. The maximum atomic E-state index is 12.6. The number of fused-ring (bicyclic) bond motifs is 1. The van der Waals surface area contributed by atoms with Gasteiger partial charge in [0.15, 0.2) is 0 Å². The van der Waals surface area contributed by atoms with Crippen LogP contribution >= 0.6 is 0 Å². The number of benzene rings is 3. The van der Waals surface area contributed by atoms with Crippen LogP contribution in [-0.4, -0.2) is 34.8 Å². The van der Waals surface area contributed by atoms with Gasteiger partial charge in [0.2, 0.25) is 0 Å². The monoisotopic (exact) mass is 509 g/mol. The zero-order valence-electron chi connectivity index (χ0n) is 17.1. The Bertz CT molecular complexity index is 1050. The summed E-state index contributed by atoms with van der Waals surface area (Å²) < 4.78 is 0. The van der Waals surface area contributed by atoms with E-state index in [-0.39, 0.29) is 33.2 Å². The van der Waals surface area contributed by atoms with Crippen LogP contribution in [0, 0.1) is 12.1 Å². The van der Waals surface area contributed by atoms with E-state index in [0.29, 0.717) is 36.9 Å². The first-order valence-electron chi connectivity index (χ1n) is 9.70. The van der Waals surface area contributed by atoms with Crippen molar-refractivity contribution in [3.8, 4) is 5.75 Å². The van der Waals surface area contributed by atoms with Gasteiger partial charge < -0.3 is 21.0 Å². The number of hydrogen-bond donors (Lipinski definition) is 1. The molecule has 2 aliphatic rings. The van der Waals surface area contributed by atoms with Gasteiger partial charge in [-0.25, -0.2) is 0 Å². The molecule has 0 atom stereocenters. The third-order valence-corrected chi connectivity index (χ3v) is 4.77. The fourth-order valence-electron chi connectivity index (χ4n) is 3.24. The second-order valence-corrected chi connectivity index (χ2v) is 6.89. The van der Waals surface area contributed by atoms with E-state index < -0.39 is 0 Å². The predicted octanol–water partition coefficient (Wildman–Crippen LogP) is 3.82. The standard InChI is InChI=1S/C19H16N3O.C6H5O.Cd/c23-19-17(13-15-7-3-1-4-8-15)20-18-11-12-21(14-22(18)19)16-9-5-2-6-10-16;7-6-4-2-1-3-5-6;/h1-10H,12-14H2;2-5,7H;/q2*-1;+2. The van der Waals surface area contributed by atoms with Crippen molar-refractivity contribution in [3.63, 3.8) is 0 Å². The number of phenols is 1. The summed E-state index contributed by atoms with van der Waals surface area (Å²) in [4.78, 5) is 20.9.